The minimum absolute atomic E-state index is 0.137. The molecule has 0 atom stereocenters. The fraction of sp³-hybridized carbons (Fsp3) is 0.182. The van der Waals surface area contributed by atoms with Crippen molar-refractivity contribution in [3.63, 3.8) is 0 Å². The Kier molecular flexibility index (Phi) is 5.79. The third-order valence-corrected chi connectivity index (χ3v) is 6.84. The first-order valence-corrected chi connectivity index (χ1v) is 12.0. The van der Waals surface area contributed by atoms with Crippen molar-refractivity contribution in [2.75, 3.05) is 18.5 Å². The maximum atomic E-state index is 12.8. The predicted molar refractivity (Wildman–Crippen MR) is 121 cm³/mol. The van der Waals surface area contributed by atoms with Gasteiger partial charge < -0.3 is 14.8 Å². The number of carbonyl (C=O) groups is 1. The number of nitrogens with one attached hydrogen (secondary N) is 1. The molecule has 31 heavy (non-hydrogen) atoms. The zero-order valence-electron chi connectivity index (χ0n) is 16.9. The molecule has 0 radical (unpaired) electrons. The van der Waals surface area contributed by atoms with Crippen LogP contribution in [0.15, 0.2) is 63.2 Å². The first kappa shape index (κ1) is 21.1. The number of anilines is 1. The zero-order chi connectivity index (χ0) is 22.0. The highest BCUT2D eigenvalue weighted by atomic mass is 32.2. The number of carbonyl (C=O) groups excluding carboxylic acids is 1. The Morgan fingerprint density at radius 3 is 2.48 bits per heavy atom. The van der Waals surface area contributed by atoms with Crippen molar-refractivity contribution in [1.29, 1.82) is 0 Å². The number of fused-ring (bicyclic) bond motifs is 1. The van der Waals surface area contributed by atoms with E-state index in [9.17, 15) is 13.2 Å². The molecule has 0 saturated heterocycles. The first-order chi connectivity index (χ1) is 14.9. The Hall–Kier alpha value is -3.17. The summed E-state index contributed by atoms with van der Waals surface area (Å²) in [4.78, 5) is 12.9. The fourth-order valence-electron chi connectivity index (χ4n) is 3.27. The largest absolute Gasteiger partial charge is 0.494 e. The van der Waals surface area contributed by atoms with E-state index in [1.807, 2.05) is 36.6 Å². The van der Waals surface area contributed by atoms with E-state index in [1.54, 1.807) is 25.1 Å². The highest BCUT2D eigenvalue weighted by Crippen LogP contribution is 2.38. The number of thiophene rings is 1. The zero-order valence-corrected chi connectivity index (χ0v) is 18.5. The summed E-state index contributed by atoms with van der Waals surface area (Å²) in [7, 11) is -3.77. The Balaban J connectivity index is 1.75. The van der Waals surface area contributed by atoms with Gasteiger partial charge >= 0.3 is 5.97 Å². The molecule has 0 aliphatic carbocycles. The normalized spacial score (nSPS) is 13.9. The second-order valence-electron chi connectivity index (χ2n) is 6.57. The Labute approximate surface area is 184 Å². The summed E-state index contributed by atoms with van der Waals surface area (Å²) in [5.74, 6) is 0.422. The highest BCUT2D eigenvalue weighted by molar-refractivity contribution is 7.90. The molecule has 2 heterocycles. The van der Waals surface area contributed by atoms with Crippen molar-refractivity contribution >= 4 is 38.2 Å². The van der Waals surface area contributed by atoms with Crippen molar-refractivity contribution in [3.05, 3.63) is 65.0 Å². The Morgan fingerprint density at radius 2 is 1.77 bits per heavy atom. The first-order valence-electron chi connectivity index (χ1n) is 9.67. The number of esters is 1. The molecule has 7 nitrogen and oxygen atoms in total. The maximum absolute atomic E-state index is 12.8. The van der Waals surface area contributed by atoms with E-state index in [2.05, 4.69) is 9.71 Å². The summed E-state index contributed by atoms with van der Waals surface area (Å²) in [6, 6.07) is 14.0. The molecule has 1 aliphatic heterocycles. The number of hydrogen-bond acceptors (Lipinski definition) is 7. The van der Waals surface area contributed by atoms with Gasteiger partial charge in [-0.2, -0.15) is 8.42 Å². The topological polar surface area (TPSA) is 94.1 Å². The summed E-state index contributed by atoms with van der Waals surface area (Å²) in [6.07, 6.45) is 0. The highest BCUT2D eigenvalue weighted by Gasteiger charge is 2.30. The quantitative estimate of drug-likeness (QED) is 0.547. The molecule has 9 heteroatoms. The van der Waals surface area contributed by atoms with Gasteiger partial charge in [-0.1, -0.05) is 24.3 Å². The lowest BCUT2D eigenvalue weighted by molar-refractivity contribution is 0.0529. The molecular weight excluding hydrogens is 436 g/mol. The molecule has 1 aliphatic rings. The third-order valence-electron chi connectivity index (χ3n) is 4.61. The summed E-state index contributed by atoms with van der Waals surface area (Å²) >= 11 is 1.28. The molecule has 3 aromatic rings. The lowest BCUT2D eigenvalue weighted by Gasteiger charge is -2.10. The SMILES string of the molecule is CCOC(=O)c1c(-c2ccc(OCC)cc2)csc1NC1=NS(=O)(=O)c2ccccc21. The molecule has 1 N–H and O–H groups in total. The van der Waals surface area contributed by atoms with Crippen LogP contribution in [-0.2, 0) is 14.8 Å². The van der Waals surface area contributed by atoms with Crippen molar-refractivity contribution in [2.24, 2.45) is 4.40 Å². The predicted octanol–water partition coefficient (Wildman–Crippen LogP) is 4.55. The minimum atomic E-state index is -3.77. The van der Waals surface area contributed by atoms with Crippen LogP contribution in [0.3, 0.4) is 0 Å². The summed E-state index contributed by atoms with van der Waals surface area (Å²) in [5, 5.41) is 5.35. The maximum Gasteiger partial charge on any atom is 0.341 e. The molecule has 0 bridgehead atoms. The second kappa shape index (κ2) is 8.52. The number of sulfonamides is 1. The summed E-state index contributed by atoms with van der Waals surface area (Å²) in [5.41, 5.74) is 2.30. The van der Waals surface area contributed by atoms with E-state index in [0.29, 0.717) is 28.3 Å². The Bertz CT molecular complexity index is 1260. The molecule has 0 unspecified atom stereocenters. The smallest absolute Gasteiger partial charge is 0.341 e. The minimum Gasteiger partial charge on any atom is -0.494 e. The van der Waals surface area contributed by atoms with Gasteiger partial charge in [0.25, 0.3) is 10.0 Å². The van der Waals surface area contributed by atoms with Gasteiger partial charge in [0.1, 0.15) is 21.2 Å². The fourth-order valence-corrected chi connectivity index (χ4v) is 5.40. The van der Waals surface area contributed by atoms with E-state index in [4.69, 9.17) is 9.47 Å². The summed E-state index contributed by atoms with van der Waals surface area (Å²) in [6.45, 7) is 4.42. The van der Waals surface area contributed by atoms with Crippen LogP contribution in [0.4, 0.5) is 5.00 Å². The van der Waals surface area contributed by atoms with Crippen LogP contribution in [0.25, 0.3) is 11.1 Å². The average molecular weight is 457 g/mol. The summed E-state index contributed by atoms with van der Waals surface area (Å²) < 4.78 is 39.3. The lowest BCUT2D eigenvalue weighted by atomic mass is 10.0. The van der Waals surface area contributed by atoms with Crippen molar-refractivity contribution in [1.82, 2.24) is 0 Å². The van der Waals surface area contributed by atoms with E-state index < -0.39 is 16.0 Å². The van der Waals surface area contributed by atoms with Crippen LogP contribution in [0.1, 0.15) is 29.8 Å². The monoisotopic (exact) mass is 456 g/mol. The lowest BCUT2D eigenvalue weighted by Crippen LogP contribution is -2.14. The molecule has 1 aromatic heterocycles. The van der Waals surface area contributed by atoms with Crippen LogP contribution in [0.2, 0.25) is 0 Å². The van der Waals surface area contributed by atoms with Crippen LogP contribution in [0, 0.1) is 0 Å². The van der Waals surface area contributed by atoms with E-state index in [1.165, 1.54) is 17.4 Å². The van der Waals surface area contributed by atoms with Gasteiger partial charge in [0.2, 0.25) is 0 Å². The standard InChI is InChI=1S/C22H20N2O5S2/c1-3-28-15-11-9-14(10-12-15)17-13-30-21(19(17)22(25)29-4-2)23-20-16-7-5-6-8-18(16)31(26,27)24-20/h5-13H,3-4H2,1-2H3,(H,23,24). The van der Waals surface area contributed by atoms with Crippen molar-refractivity contribution in [2.45, 2.75) is 18.7 Å². The van der Waals surface area contributed by atoms with Gasteiger partial charge in [-0.25, -0.2) is 4.79 Å². The average Bonchev–Trinajstić information content (AvgIpc) is 3.28. The molecular formula is C22H20N2O5S2. The number of hydrogen-bond donors (Lipinski definition) is 1. The molecule has 0 saturated carbocycles. The van der Waals surface area contributed by atoms with E-state index >= 15 is 0 Å². The Morgan fingerprint density at radius 1 is 1.03 bits per heavy atom. The van der Waals surface area contributed by atoms with Crippen LogP contribution in [-0.4, -0.2) is 33.4 Å². The van der Waals surface area contributed by atoms with Gasteiger partial charge in [-0.05, 0) is 43.7 Å². The van der Waals surface area contributed by atoms with Crippen molar-refractivity contribution in [3.8, 4) is 16.9 Å². The van der Waals surface area contributed by atoms with Gasteiger partial charge in [0, 0.05) is 16.5 Å². The molecule has 2 aromatic carbocycles. The molecule has 0 spiro atoms. The number of rotatable bonds is 6. The van der Waals surface area contributed by atoms with Gasteiger partial charge in [0.15, 0.2) is 5.84 Å². The van der Waals surface area contributed by atoms with Crippen LogP contribution < -0.4 is 10.1 Å². The van der Waals surface area contributed by atoms with Crippen molar-refractivity contribution < 1.29 is 22.7 Å². The van der Waals surface area contributed by atoms with Gasteiger partial charge in [-0.3, -0.25) is 0 Å². The number of ether oxygens (including phenoxy) is 2. The van der Waals surface area contributed by atoms with Crippen LogP contribution >= 0.6 is 11.3 Å². The number of amidine groups is 1. The number of benzene rings is 2. The molecule has 160 valence electrons. The van der Waals surface area contributed by atoms with Gasteiger partial charge in [-0.15, -0.1) is 15.7 Å². The molecule has 0 fully saturated rings. The van der Waals surface area contributed by atoms with Gasteiger partial charge in [0.05, 0.1) is 13.2 Å². The third kappa shape index (κ3) is 4.06. The van der Waals surface area contributed by atoms with Crippen LogP contribution in [0.5, 0.6) is 5.75 Å². The molecule has 4 rings (SSSR count). The number of nitrogens with zero attached hydrogens (tertiary/aromatic N) is 1. The van der Waals surface area contributed by atoms with E-state index in [-0.39, 0.29) is 17.3 Å². The second-order valence-corrected chi connectivity index (χ2v) is 9.02. The molecule has 0 amide bonds. The van der Waals surface area contributed by atoms with E-state index in [0.717, 1.165) is 11.3 Å².